The number of guanidine groups is 1. The van der Waals surface area contributed by atoms with Crippen molar-refractivity contribution in [3.8, 4) is 0 Å². The topological polar surface area (TPSA) is 83.4 Å². The van der Waals surface area contributed by atoms with Crippen molar-refractivity contribution in [1.29, 1.82) is 0 Å². The summed E-state index contributed by atoms with van der Waals surface area (Å²) in [4.78, 5) is 9.00. The first-order valence-corrected chi connectivity index (χ1v) is 10.5. The average Bonchev–Trinajstić information content (AvgIpc) is 2.57. The zero-order chi connectivity index (χ0) is 18.3. The molecule has 0 amide bonds. The minimum atomic E-state index is -2.95. The molecule has 0 radical (unpaired) electrons. The summed E-state index contributed by atoms with van der Waals surface area (Å²) in [5.41, 5.74) is 2.06. The monoisotopic (exact) mass is 490 g/mol. The maximum atomic E-state index is 11.3. The number of rotatable bonds is 7. The van der Waals surface area contributed by atoms with Crippen LogP contribution in [0.1, 0.15) is 25.8 Å². The number of aliphatic imine (C=N–C) groups is 1. The van der Waals surface area contributed by atoms with E-state index >= 15 is 0 Å². The molecule has 0 aliphatic rings. The molecule has 6 nitrogen and oxygen atoms in total. The fraction of sp³-hybridized carbons (Fsp3) is 0.444. The molecular formula is C18H27IN4O2S. The molecule has 1 aromatic heterocycles. The van der Waals surface area contributed by atoms with Crippen LogP contribution < -0.4 is 10.6 Å². The Hall–Kier alpha value is -1.42. The van der Waals surface area contributed by atoms with Gasteiger partial charge in [0.25, 0.3) is 0 Å². The van der Waals surface area contributed by atoms with Crippen molar-refractivity contribution in [3.05, 3.63) is 42.1 Å². The molecule has 1 unspecified atom stereocenters. The predicted octanol–water partition coefficient (Wildman–Crippen LogP) is 2.73. The van der Waals surface area contributed by atoms with E-state index in [9.17, 15) is 8.42 Å². The van der Waals surface area contributed by atoms with Crippen molar-refractivity contribution in [2.24, 2.45) is 4.99 Å². The maximum Gasteiger partial charge on any atom is 0.191 e. The number of benzene rings is 1. The summed E-state index contributed by atoms with van der Waals surface area (Å²) in [6.45, 7) is 5.22. The average molecular weight is 490 g/mol. The predicted molar refractivity (Wildman–Crippen MR) is 119 cm³/mol. The summed E-state index contributed by atoms with van der Waals surface area (Å²) in [6.07, 6.45) is 3.59. The first-order valence-electron chi connectivity index (χ1n) is 8.44. The van der Waals surface area contributed by atoms with Gasteiger partial charge in [-0.25, -0.2) is 13.4 Å². The third-order valence-electron chi connectivity index (χ3n) is 3.80. The fourth-order valence-electron chi connectivity index (χ4n) is 2.47. The van der Waals surface area contributed by atoms with E-state index in [0.717, 1.165) is 23.0 Å². The number of nitrogens with one attached hydrogen (secondary N) is 2. The highest BCUT2D eigenvalue weighted by molar-refractivity contribution is 14.0. The quantitative estimate of drug-likeness (QED) is 0.355. The zero-order valence-corrected chi connectivity index (χ0v) is 18.5. The summed E-state index contributed by atoms with van der Waals surface area (Å²) in [7, 11) is -2.95. The van der Waals surface area contributed by atoms with E-state index < -0.39 is 9.84 Å². The first-order chi connectivity index (χ1) is 11.9. The number of fused-ring (bicyclic) bond motifs is 1. The molecule has 26 heavy (non-hydrogen) atoms. The van der Waals surface area contributed by atoms with Gasteiger partial charge in [0.2, 0.25) is 0 Å². The lowest BCUT2D eigenvalue weighted by atomic mass is 10.1. The SMILES string of the molecule is CCNC(=NCc1ccnc2ccccc12)NC(C)CCS(C)(=O)=O.I. The van der Waals surface area contributed by atoms with Gasteiger partial charge in [-0.05, 0) is 38.0 Å². The van der Waals surface area contributed by atoms with Gasteiger partial charge in [-0.15, -0.1) is 24.0 Å². The second kappa shape index (κ2) is 10.7. The fourth-order valence-corrected chi connectivity index (χ4v) is 3.26. The van der Waals surface area contributed by atoms with E-state index in [1.54, 1.807) is 6.20 Å². The Bertz CT molecular complexity index is 835. The number of hydrogen-bond acceptors (Lipinski definition) is 4. The number of aromatic nitrogens is 1. The molecule has 2 aromatic rings. The molecular weight excluding hydrogens is 463 g/mol. The number of pyridine rings is 1. The van der Waals surface area contributed by atoms with Crippen LogP contribution in [0.4, 0.5) is 0 Å². The third-order valence-corrected chi connectivity index (χ3v) is 4.77. The largest absolute Gasteiger partial charge is 0.357 e. The highest BCUT2D eigenvalue weighted by Gasteiger charge is 2.09. The number of para-hydroxylation sites is 1. The van der Waals surface area contributed by atoms with Crippen molar-refractivity contribution in [2.45, 2.75) is 32.9 Å². The van der Waals surface area contributed by atoms with Crippen molar-refractivity contribution in [1.82, 2.24) is 15.6 Å². The highest BCUT2D eigenvalue weighted by Crippen LogP contribution is 2.16. The lowest BCUT2D eigenvalue weighted by molar-refractivity contribution is 0.581. The molecule has 1 atom stereocenters. The number of halogens is 1. The van der Waals surface area contributed by atoms with Crippen molar-refractivity contribution < 1.29 is 8.42 Å². The van der Waals surface area contributed by atoms with Crippen LogP contribution in [0.2, 0.25) is 0 Å². The molecule has 0 saturated carbocycles. The van der Waals surface area contributed by atoms with Gasteiger partial charge in [0.1, 0.15) is 9.84 Å². The first kappa shape index (κ1) is 22.6. The molecule has 0 spiro atoms. The number of sulfone groups is 1. The lowest BCUT2D eigenvalue weighted by Crippen LogP contribution is -2.42. The van der Waals surface area contributed by atoms with Gasteiger partial charge >= 0.3 is 0 Å². The molecule has 1 heterocycles. The van der Waals surface area contributed by atoms with Gasteiger partial charge < -0.3 is 10.6 Å². The standard InChI is InChI=1S/C18H26N4O2S.HI/c1-4-19-18(22-14(2)10-12-25(3,23)24)21-13-15-9-11-20-17-8-6-5-7-16(15)17;/h5-9,11,14H,4,10,12-13H2,1-3H3,(H2,19,21,22);1H. The van der Waals surface area contributed by atoms with Crippen molar-refractivity contribution in [3.63, 3.8) is 0 Å². The maximum absolute atomic E-state index is 11.3. The Morgan fingerprint density at radius 1 is 1.27 bits per heavy atom. The van der Waals surface area contributed by atoms with E-state index in [1.807, 2.05) is 44.2 Å². The number of hydrogen-bond donors (Lipinski definition) is 2. The minimum absolute atomic E-state index is 0. The summed E-state index contributed by atoms with van der Waals surface area (Å²) in [5.74, 6) is 0.847. The molecule has 144 valence electrons. The second-order valence-corrected chi connectivity index (χ2v) is 8.41. The summed E-state index contributed by atoms with van der Waals surface area (Å²) >= 11 is 0. The van der Waals surface area contributed by atoms with E-state index in [0.29, 0.717) is 18.9 Å². The minimum Gasteiger partial charge on any atom is -0.357 e. The van der Waals surface area contributed by atoms with Gasteiger partial charge in [-0.1, -0.05) is 18.2 Å². The molecule has 2 N–H and O–H groups in total. The van der Waals surface area contributed by atoms with Gasteiger partial charge in [0, 0.05) is 30.4 Å². The molecule has 0 saturated heterocycles. The Morgan fingerprint density at radius 3 is 2.69 bits per heavy atom. The van der Waals surface area contributed by atoms with E-state index in [-0.39, 0.29) is 35.8 Å². The second-order valence-electron chi connectivity index (χ2n) is 6.15. The van der Waals surface area contributed by atoms with Crippen LogP contribution in [0.25, 0.3) is 10.9 Å². The third kappa shape index (κ3) is 7.45. The molecule has 0 bridgehead atoms. The van der Waals surface area contributed by atoms with Crippen molar-refractivity contribution >= 4 is 50.7 Å². The summed E-state index contributed by atoms with van der Waals surface area (Å²) in [5, 5.41) is 7.56. The molecule has 8 heteroatoms. The highest BCUT2D eigenvalue weighted by atomic mass is 127. The summed E-state index contributed by atoms with van der Waals surface area (Å²) in [6, 6.07) is 9.98. The van der Waals surface area contributed by atoms with Gasteiger partial charge in [-0.3, -0.25) is 4.98 Å². The van der Waals surface area contributed by atoms with E-state index in [4.69, 9.17) is 0 Å². The van der Waals surface area contributed by atoms with Crippen LogP contribution in [-0.2, 0) is 16.4 Å². The lowest BCUT2D eigenvalue weighted by Gasteiger charge is -2.17. The van der Waals surface area contributed by atoms with Crippen LogP contribution in [-0.4, -0.2) is 44.0 Å². The normalized spacial score (nSPS) is 13.1. The Morgan fingerprint density at radius 2 is 2.00 bits per heavy atom. The van der Waals surface area contributed by atoms with Crippen LogP contribution in [0, 0.1) is 0 Å². The van der Waals surface area contributed by atoms with Crippen LogP contribution >= 0.6 is 24.0 Å². The smallest absolute Gasteiger partial charge is 0.191 e. The van der Waals surface area contributed by atoms with Gasteiger partial charge in [-0.2, -0.15) is 0 Å². The van der Waals surface area contributed by atoms with E-state index in [2.05, 4.69) is 20.6 Å². The number of nitrogens with zero attached hydrogens (tertiary/aromatic N) is 2. The molecule has 2 rings (SSSR count). The molecule has 0 fully saturated rings. The van der Waals surface area contributed by atoms with Crippen molar-refractivity contribution in [2.75, 3.05) is 18.6 Å². The molecule has 1 aromatic carbocycles. The zero-order valence-electron chi connectivity index (χ0n) is 15.4. The van der Waals surface area contributed by atoms with Crippen LogP contribution in [0.5, 0.6) is 0 Å². The van der Waals surface area contributed by atoms with E-state index in [1.165, 1.54) is 6.26 Å². The Labute approximate surface area is 172 Å². The van der Waals surface area contributed by atoms with Crippen LogP contribution in [0.3, 0.4) is 0 Å². The molecule has 0 aliphatic carbocycles. The summed E-state index contributed by atoms with van der Waals surface area (Å²) < 4.78 is 22.6. The van der Waals surface area contributed by atoms with Gasteiger partial charge in [0.15, 0.2) is 5.96 Å². The Kier molecular flexibility index (Phi) is 9.28. The van der Waals surface area contributed by atoms with Gasteiger partial charge in [0.05, 0.1) is 17.8 Å². The van der Waals surface area contributed by atoms with Crippen LogP contribution in [0.15, 0.2) is 41.5 Å². The Balaban J connectivity index is 0.00000338. The molecule has 0 aliphatic heterocycles.